The van der Waals surface area contributed by atoms with Crippen LogP contribution in [-0.4, -0.2) is 34.7 Å². The van der Waals surface area contributed by atoms with Crippen LogP contribution in [0.3, 0.4) is 0 Å². The summed E-state index contributed by atoms with van der Waals surface area (Å²) in [5.41, 5.74) is 0.799. The molecular weight excluding hydrogens is 320 g/mol. The molecule has 2 aromatic heterocycles. The summed E-state index contributed by atoms with van der Waals surface area (Å²) in [6.07, 6.45) is 0. The number of thiazole rings is 1. The van der Waals surface area contributed by atoms with Crippen LogP contribution in [0.4, 0.5) is 5.13 Å². The van der Waals surface area contributed by atoms with Crippen molar-refractivity contribution in [2.24, 2.45) is 0 Å². The molecule has 3 aromatic rings. The fraction of sp³-hybridized carbons (Fsp3) is 0.286. The van der Waals surface area contributed by atoms with Crippen molar-refractivity contribution >= 4 is 32.6 Å². The minimum absolute atomic E-state index is 0.0886. The molecule has 9 heteroatoms. The van der Waals surface area contributed by atoms with E-state index in [-0.39, 0.29) is 19.1 Å². The number of anilines is 1. The van der Waals surface area contributed by atoms with Crippen molar-refractivity contribution in [3.63, 3.8) is 0 Å². The van der Waals surface area contributed by atoms with Crippen molar-refractivity contribution < 1.29 is 18.8 Å². The minimum Gasteiger partial charge on any atom is -0.497 e. The molecule has 0 atom stereocenters. The molecule has 0 aliphatic heterocycles. The third-order valence-electron chi connectivity index (χ3n) is 2.87. The van der Waals surface area contributed by atoms with E-state index < -0.39 is 0 Å². The molecule has 1 amide bonds. The van der Waals surface area contributed by atoms with Crippen molar-refractivity contribution in [3.05, 3.63) is 29.9 Å². The summed E-state index contributed by atoms with van der Waals surface area (Å²) in [6.45, 7) is 1.67. The van der Waals surface area contributed by atoms with E-state index in [1.165, 1.54) is 11.3 Å². The second-order valence-corrected chi connectivity index (χ2v) is 5.66. The van der Waals surface area contributed by atoms with Crippen LogP contribution in [0, 0.1) is 6.92 Å². The molecule has 0 saturated carbocycles. The molecule has 120 valence electrons. The monoisotopic (exact) mass is 334 g/mol. The van der Waals surface area contributed by atoms with Crippen LogP contribution >= 0.6 is 11.3 Å². The molecule has 1 aromatic carbocycles. The number of aromatic nitrogens is 3. The Balaban J connectivity index is 1.55. The highest BCUT2D eigenvalue weighted by Crippen LogP contribution is 2.29. The highest BCUT2D eigenvalue weighted by atomic mass is 32.1. The Morgan fingerprint density at radius 3 is 3.00 bits per heavy atom. The predicted octanol–water partition coefficient (Wildman–Crippen LogP) is 2.15. The van der Waals surface area contributed by atoms with E-state index in [0.717, 1.165) is 16.0 Å². The van der Waals surface area contributed by atoms with Crippen molar-refractivity contribution in [1.82, 2.24) is 15.1 Å². The number of aryl methyl sites for hydroxylation is 1. The topological polar surface area (TPSA) is 99.4 Å². The molecule has 0 aliphatic rings. The van der Waals surface area contributed by atoms with Crippen LogP contribution in [0.5, 0.6) is 5.75 Å². The Hall–Kier alpha value is -2.52. The largest absolute Gasteiger partial charge is 0.497 e. The second-order valence-electron chi connectivity index (χ2n) is 4.63. The van der Waals surface area contributed by atoms with Gasteiger partial charge in [-0.2, -0.15) is 4.98 Å². The smallest absolute Gasteiger partial charge is 0.252 e. The lowest BCUT2D eigenvalue weighted by molar-refractivity contribution is -0.121. The molecule has 23 heavy (non-hydrogen) atoms. The molecule has 0 fully saturated rings. The van der Waals surface area contributed by atoms with Crippen LogP contribution in [0.25, 0.3) is 10.2 Å². The Bertz CT molecular complexity index is 829. The summed E-state index contributed by atoms with van der Waals surface area (Å²) in [5.74, 6) is 1.31. The summed E-state index contributed by atoms with van der Waals surface area (Å²) in [5, 5.41) is 6.84. The number of fused-ring (bicyclic) bond motifs is 1. The van der Waals surface area contributed by atoms with E-state index in [2.05, 4.69) is 20.4 Å². The molecule has 3 rings (SSSR count). The van der Waals surface area contributed by atoms with Gasteiger partial charge >= 0.3 is 0 Å². The van der Waals surface area contributed by atoms with E-state index in [1.807, 2.05) is 18.2 Å². The number of nitrogens with zero attached hydrogens (tertiary/aromatic N) is 3. The standard InChI is InChI=1S/C14H14N4O4S/c1-8-15-13(22-18-8)7-21-6-12(19)17-14-16-10-4-3-9(20-2)5-11(10)23-14/h3-5H,6-7H2,1-2H3,(H,16,17,19). The molecule has 0 spiro atoms. The number of hydrogen-bond donors (Lipinski definition) is 1. The summed E-state index contributed by atoms with van der Waals surface area (Å²) in [4.78, 5) is 20.2. The maximum absolute atomic E-state index is 11.8. The van der Waals surface area contributed by atoms with E-state index in [0.29, 0.717) is 16.8 Å². The number of benzene rings is 1. The first-order chi connectivity index (χ1) is 11.1. The first-order valence-corrected chi connectivity index (χ1v) is 7.57. The van der Waals surface area contributed by atoms with Crippen LogP contribution < -0.4 is 10.1 Å². The third kappa shape index (κ3) is 3.82. The quantitative estimate of drug-likeness (QED) is 0.737. The molecule has 8 nitrogen and oxygen atoms in total. The molecule has 0 saturated heterocycles. The zero-order valence-corrected chi connectivity index (χ0v) is 13.3. The van der Waals surface area contributed by atoms with Crippen molar-refractivity contribution in [3.8, 4) is 5.75 Å². The van der Waals surface area contributed by atoms with Gasteiger partial charge < -0.3 is 14.0 Å². The first-order valence-electron chi connectivity index (χ1n) is 6.75. The Morgan fingerprint density at radius 2 is 2.26 bits per heavy atom. The summed E-state index contributed by atoms with van der Waals surface area (Å²) >= 11 is 1.37. The maximum atomic E-state index is 11.8. The lowest BCUT2D eigenvalue weighted by Gasteiger charge is -2.01. The number of hydrogen-bond acceptors (Lipinski definition) is 8. The molecule has 0 radical (unpaired) electrons. The average molecular weight is 334 g/mol. The van der Waals surface area contributed by atoms with Crippen LogP contribution in [0.2, 0.25) is 0 Å². The van der Waals surface area contributed by atoms with Gasteiger partial charge in [-0.05, 0) is 25.1 Å². The van der Waals surface area contributed by atoms with Gasteiger partial charge in [-0.3, -0.25) is 10.1 Å². The van der Waals surface area contributed by atoms with Gasteiger partial charge in [0.1, 0.15) is 19.0 Å². The SMILES string of the molecule is COc1ccc2nc(NC(=O)COCc3nc(C)no3)sc2c1. The second kappa shape index (κ2) is 6.71. The lowest BCUT2D eigenvalue weighted by atomic mass is 10.3. The highest BCUT2D eigenvalue weighted by Gasteiger charge is 2.10. The summed E-state index contributed by atoms with van der Waals surface area (Å²) in [7, 11) is 1.60. The number of carbonyl (C=O) groups is 1. The molecule has 2 heterocycles. The molecule has 0 aliphatic carbocycles. The van der Waals surface area contributed by atoms with Gasteiger partial charge in [0, 0.05) is 0 Å². The number of ether oxygens (including phenoxy) is 2. The fourth-order valence-corrected chi connectivity index (χ4v) is 2.78. The lowest BCUT2D eigenvalue weighted by Crippen LogP contribution is -2.18. The molecule has 0 bridgehead atoms. The van der Waals surface area contributed by atoms with Crippen LogP contribution in [0.15, 0.2) is 22.7 Å². The van der Waals surface area contributed by atoms with Gasteiger partial charge in [0.2, 0.25) is 0 Å². The van der Waals surface area contributed by atoms with Gasteiger partial charge in [0.15, 0.2) is 11.0 Å². The molecular formula is C14H14N4O4S. The van der Waals surface area contributed by atoms with Crippen molar-refractivity contribution in [2.75, 3.05) is 19.0 Å². The van der Waals surface area contributed by atoms with Gasteiger partial charge in [-0.15, -0.1) is 0 Å². The van der Waals surface area contributed by atoms with E-state index in [1.54, 1.807) is 14.0 Å². The first kappa shape index (κ1) is 15.4. The van der Waals surface area contributed by atoms with Crippen LogP contribution in [-0.2, 0) is 16.1 Å². The Morgan fingerprint density at radius 1 is 1.39 bits per heavy atom. The van der Waals surface area contributed by atoms with Gasteiger partial charge in [-0.1, -0.05) is 16.5 Å². The minimum atomic E-state index is -0.299. The number of amides is 1. The number of nitrogens with one attached hydrogen (secondary N) is 1. The Labute approximate surface area is 135 Å². The van der Waals surface area contributed by atoms with E-state index in [9.17, 15) is 4.79 Å². The number of carbonyl (C=O) groups excluding carboxylic acids is 1. The zero-order chi connectivity index (χ0) is 16.2. The van der Waals surface area contributed by atoms with E-state index >= 15 is 0 Å². The predicted molar refractivity (Wildman–Crippen MR) is 83.5 cm³/mol. The van der Waals surface area contributed by atoms with Crippen molar-refractivity contribution in [2.45, 2.75) is 13.5 Å². The number of methoxy groups -OCH3 is 1. The Kier molecular flexibility index (Phi) is 4.49. The van der Waals surface area contributed by atoms with Gasteiger partial charge in [0.05, 0.1) is 17.3 Å². The normalized spacial score (nSPS) is 10.9. The summed E-state index contributed by atoms with van der Waals surface area (Å²) in [6, 6.07) is 5.54. The maximum Gasteiger partial charge on any atom is 0.252 e. The molecule has 0 unspecified atom stereocenters. The van der Waals surface area contributed by atoms with Crippen LogP contribution in [0.1, 0.15) is 11.7 Å². The summed E-state index contributed by atoms with van der Waals surface area (Å²) < 4.78 is 16.2. The zero-order valence-electron chi connectivity index (χ0n) is 12.5. The fourth-order valence-electron chi connectivity index (χ4n) is 1.87. The average Bonchev–Trinajstić information content (AvgIpc) is 3.11. The van der Waals surface area contributed by atoms with Crippen molar-refractivity contribution in [1.29, 1.82) is 0 Å². The third-order valence-corrected chi connectivity index (χ3v) is 3.80. The molecule has 1 N–H and O–H groups in total. The van der Waals surface area contributed by atoms with E-state index in [4.69, 9.17) is 14.0 Å². The van der Waals surface area contributed by atoms with Gasteiger partial charge in [0.25, 0.3) is 11.8 Å². The van der Waals surface area contributed by atoms with Gasteiger partial charge in [-0.25, -0.2) is 4.98 Å². The highest BCUT2D eigenvalue weighted by molar-refractivity contribution is 7.22. The number of rotatable bonds is 6.